The fraction of sp³-hybridized carbons (Fsp3) is 0.538. The highest BCUT2D eigenvalue weighted by Crippen LogP contribution is 2.33. The summed E-state index contributed by atoms with van der Waals surface area (Å²) in [5.41, 5.74) is -0.716. The lowest BCUT2D eigenvalue weighted by Crippen LogP contribution is -2.21. The highest BCUT2D eigenvalue weighted by molar-refractivity contribution is 5.29. The quantitative estimate of drug-likeness (QED) is 0.781. The van der Waals surface area contributed by atoms with Gasteiger partial charge in [0.25, 0.3) is 0 Å². The minimum atomic E-state index is -4.65. The van der Waals surface area contributed by atoms with Gasteiger partial charge in [0.1, 0.15) is 5.82 Å². The third-order valence-corrected chi connectivity index (χ3v) is 2.73. The van der Waals surface area contributed by atoms with Crippen LogP contribution in [0.15, 0.2) is 18.2 Å². The van der Waals surface area contributed by atoms with Crippen LogP contribution in [0.25, 0.3) is 0 Å². The zero-order valence-electron chi connectivity index (χ0n) is 10.4. The molecule has 0 fully saturated rings. The summed E-state index contributed by atoms with van der Waals surface area (Å²) in [6, 6.07) is 3.03. The van der Waals surface area contributed by atoms with E-state index < -0.39 is 17.6 Å². The standard InChI is InChI=1S/C13H17F4N/c1-3-5-12(18-4-2)9-6-7-11(14)10(8-9)13(15,16)17/h6-8,12,18H,3-5H2,1-2H3. The molecule has 0 aliphatic heterocycles. The van der Waals surface area contributed by atoms with Gasteiger partial charge in [-0.2, -0.15) is 13.2 Å². The number of nitrogens with one attached hydrogen (secondary N) is 1. The summed E-state index contributed by atoms with van der Waals surface area (Å²) < 4.78 is 51.0. The predicted molar refractivity (Wildman–Crippen MR) is 62.7 cm³/mol. The molecule has 0 heterocycles. The molecule has 0 radical (unpaired) electrons. The second-order valence-electron chi connectivity index (χ2n) is 4.14. The van der Waals surface area contributed by atoms with Crippen molar-refractivity contribution in [2.24, 2.45) is 0 Å². The molecular weight excluding hydrogens is 246 g/mol. The van der Waals surface area contributed by atoms with Gasteiger partial charge in [0.2, 0.25) is 0 Å². The van der Waals surface area contributed by atoms with E-state index in [1.54, 1.807) is 0 Å². The number of benzene rings is 1. The molecule has 0 amide bonds. The van der Waals surface area contributed by atoms with Gasteiger partial charge in [0.05, 0.1) is 5.56 Å². The van der Waals surface area contributed by atoms with Crippen LogP contribution in [0.2, 0.25) is 0 Å². The van der Waals surface area contributed by atoms with E-state index in [0.29, 0.717) is 12.1 Å². The first kappa shape index (κ1) is 15.0. The number of halogens is 4. The predicted octanol–water partition coefficient (Wildman–Crippen LogP) is 4.30. The van der Waals surface area contributed by atoms with E-state index in [2.05, 4.69) is 5.32 Å². The van der Waals surface area contributed by atoms with Gasteiger partial charge in [-0.1, -0.05) is 26.3 Å². The SMILES string of the molecule is CCCC(NCC)c1ccc(F)c(C(F)(F)F)c1. The lowest BCUT2D eigenvalue weighted by Gasteiger charge is -2.19. The van der Waals surface area contributed by atoms with E-state index in [1.807, 2.05) is 13.8 Å². The Hall–Kier alpha value is -1.10. The Morgan fingerprint density at radius 3 is 2.39 bits per heavy atom. The van der Waals surface area contributed by atoms with Crippen LogP contribution in [0.3, 0.4) is 0 Å². The second kappa shape index (κ2) is 6.18. The van der Waals surface area contributed by atoms with Crippen LogP contribution in [-0.2, 0) is 6.18 Å². The van der Waals surface area contributed by atoms with Crippen molar-refractivity contribution < 1.29 is 17.6 Å². The molecule has 1 rings (SSSR count). The molecule has 1 aromatic rings. The third kappa shape index (κ3) is 3.70. The average Bonchev–Trinajstić information content (AvgIpc) is 2.28. The van der Waals surface area contributed by atoms with Gasteiger partial charge < -0.3 is 5.32 Å². The van der Waals surface area contributed by atoms with Gasteiger partial charge in [0, 0.05) is 6.04 Å². The van der Waals surface area contributed by atoms with Crippen molar-refractivity contribution in [1.82, 2.24) is 5.32 Å². The Kier molecular flexibility index (Phi) is 5.14. The molecule has 1 nitrogen and oxygen atoms in total. The van der Waals surface area contributed by atoms with Crippen LogP contribution in [0.5, 0.6) is 0 Å². The summed E-state index contributed by atoms with van der Waals surface area (Å²) in [7, 11) is 0. The minimum Gasteiger partial charge on any atom is -0.310 e. The number of hydrogen-bond acceptors (Lipinski definition) is 1. The fourth-order valence-corrected chi connectivity index (χ4v) is 1.90. The topological polar surface area (TPSA) is 12.0 Å². The molecule has 0 aromatic heterocycles. The average molecular weight is 263 g/mol. The Morgan fingerprint density at radius 1 is 1.22 bits per heavy atom. The molecule has 0 spiro atoms. The van der Waals surface area contributed by atoms with Gasteiger partial charge in [-0.15, -0.1) is 0 Å². The molecule has 18 heavy (non-hydrogen) atoms. The summed E-state index contributed by atoms with van der Waals surface area (Å²) in [6.07, 6.45) is -3.09. The van der Waals surface area contributed by atoms with E-state index in [0.717, 1.165) is 25.0 Å². The van der Waals surface area contributed by atoms with Gasteiger partial charge in [-0.3, -0.25) is 0 Å². The molecule has 0 saturated carbocycles. The molecule has 0 saturated heterocycles. The number of hydrogen-bond donors (Lipinski definition) is 1. The molecule has 0 bridgehead atoms. The molecule has 0 aliphatic rings. The molecule has 0 aliphatic carbocycles. The number of alkyl halides is 3. The third-order valence-electron chi connectivity index (χ3n) is 2.73. The van der Waals surface area contributed by atoms with E-state index >= 15 is 0 Å². The zero-order chi connectivity index (χ0) is 13.8. The maximum Gasteiger partial charge on any atom is 0.419 e. The Bertz CT molecular complexity index is 381. The summed E-state index contributed by atoms with van der Waals surface area (Å²) in [5, 5.41) is 3.11. The van der Waals surface area contributed by atoms with Crippen molar-refractivity contribution in [3.8, 4) is 0 Å². The molecule has 1 unspecified atom stereocenters. The van der Waals surface area contributed by atoms with E-state index in [9.17, 15) is 17.6 Å². The van der Waals surface area contributed by atoms with E-state index in [1.165, 1.54) is 6.07 Å². The lowest BCUT2D eigenvalue weighted by molar-refractivity contribution is -0.140. The Morgan fingerprint density at radius 2 is 1.89 bits per heavy atom. The first-order chi connectivity index (χ1) is 8.40. The zero-order valence-corrected chi connectivity index (χ0v) is 10.4. The van der Waals surface area contributed by atoms with Crippen molar-refractivity contribution >= 4 is 0 Å². The summed E-state index contributed by atoms with van der Waals surface area (Å²) >= 11 is 0. The van der Waals surface area contributed by atoms with E-state index in [-0.39, 0.29) is 6.04 Å². The van der Waals surface area contributed by atoms with Crippen LogP contribution < -0.4 is 5.32 Å². The smallest absolute Gasteiger partial charge is 0.310 e. The van der Waals surface area contributed by atoms with Gasteiger partial charge in [-0.25, -0.2) is 4.39 Å². The maximum atomic E-state index is 13.2. The van der Waals surface area contributed by atoms with Crippen LogP contribution in [0, 0.1) is 5.82 Å². The van der Waals surface area contributed by atoms with Crippen molar-refractivity contribution in [3.63, 3.8) is 0 Å². The molecule has 102 valence electrons. The normalized spacial score (nSPS) is 13.7. The molecule has 1 atom stereocenters. The maximum absolute atomic E-state index is 13.2. The summed E-state index contributed by atoms with van der Waals surface area (Å²) in [6.45, 7) is 4.50. The Labute approximate surface area is 104 Å². The Balaban J connectivity index is 3.09. The van der Waals surface area contributed by atoms with Crippen LogP contribution in [0.1, 0.15) is 43.9 Å². The van der Waals surface area contributed by atoms with Gasteiger partial charge >= 0.3 is 6.18 Å². The van der Waals surface area contributed by atoms with Crippen molar-refractivity contribution in [2.45, 2.75) is 38.9 Å². The van der Waals surface area contributed by atoms with Crippen molar-refractivity contribution in [3.05, 3.63) is 35.1 Å². The number of rotatable bonds is 5. The highest BCUT2D eigenvalue weighted by Gasteiger charge is 2.34. The second-order valence-corrected chi connectivity index (χ2v) is 4.14. The van der Waals surface area contributed by atoms with E-state index in [4.69, 9.17) is 0 Å². The molecular formula is C13H17F4N. The lowest BCUT2D eigenvalue weighted by atomic mass is 9.99. The highest BCUT2D eigenvalue weighted by atomic mass is 19.4. The summed E-state index contributed by atoms with van der Waals surface area (Å²) in [5.74, 6) is -1.22. The first-order valence-corrected chi connectivity index (χ1v) is 6.00. The monoisotopic (exact) mass is 263 g/mol. The van der Waals surface area contributed by atoms with Gasteiger partial charge in [-0.05, 0) is 30.7 Å². The fourth-order valence-electron chi connectivity index (χ4n) is 1.90. The molecule has 1 aromatic carbocycles. The largest absolute Gasteiger partial charge is 0.419 e. The van der Waals surface area contributed by atoms with Crippen molar-refractivity contribution in [2.75, 3.05) is 6.54 Å². The molecule has 1 N–H and O–H groups in total. The van der Waals surface area contributed by atoms with Crippen LogP contribution in [0.4, 0.5) is 17.6 Å². The van der Waals surface area contributed by atoms with Crippen LogP contribution >= 0.6 is 0 Å². The van der Waals surface area contributed by atoms with Crippen molar-refractivity contribution in [1.29, 1.82) is 0 Å². The minimum absolute atomic E-state index is 0.165. The van der Waals surface area contributed by atoms with Gasteiger partial charge in [0.15, 0.2) is 0 Å². The first-order valence-electron chi connectivity index (χ1n) is 6.00. The van der Waals surface area contributed by atoms with Crippen LogP contribution in [-0.4, -0.2) is 6.54 Å². The summed E-state index contributed by atoms with van der Waals surface area (Å²) in [4.78, 5) is 0. The molecule has 5 heteroatoms.